The topological polar surface area (TPSA) is 96.4 Å². The van der Waals surface area contributed by atoms with Crippen LogP contribution < -0.4 is 11.2 Å². The number of hydrogen-bond acceptors (Lipinski definition) is 5. The molecule has 0 aliphatic heterocycles. The van der Waals surface area contributed by atoms with E-state index >= 15 is 0 Å². The van der Waals surface area contributed by atoms with Gasteiger partial charge in [-0.25, -0.2) is 4.79 Å². The summed E-state index contributed by atoms with van der Waals surface area (Å²) in [7, 11) is 1.54. The fourth-order valence-corrected chi connectivity index (χ4v) is 3.17. The molecular weight excluding hydrogens is 338 g/mol. The smallest absolute Gasteiger partial charge is 0.332 e. The maximum Gasteiger partial charge on any atom is 0.332 e. The Morgan fingerprint density at radius 2 is 2.04 bits per heavy atom. The minimum absolute atomic E-state index is 0.263. The van der Waals surface area contributed by atoms with Gasteiger partial charge < -0.3 is 8.98 Å². The van der Waals surface area contributed by atoms with Gasteiger partial charge in [-0.3, -0.25) is 23.1 Å². The van der Waals surface area contributed by atoms with Crippen LogP contribution in [0.15, 0.2) is 38.6 Å². The van der Waals surface area contributed by atoms with Gasteiger partial charge in [0.25, 0.3) is 5.56 Å². The summed E-state index contributed by atoms with van der Waals surface area (Å²) in [4.78, 5) is 41.3. The highest BCUT2D eigenvalue weighted by Crippen LogP contribution is 2.17. The van der Waals surface area contributed by atoms with Crippen LogP contribution in [0, 0.1) is 6.92 Å². The molecule has 0 N–H and O–H groups in total. The van der Waals surface area contributed by atoms with Crippen LogP contribution in [0.1, 0.15) is 18.4 Å². The Bertz CT molecular complexity index is 1270. The molecule has 4 aromatic heterocycles. The van der Waals surface area contributed by atoms with Crippen LogP contribution in [0.4, 0.5) is 0 Å². The Hall–Kier alpha value is -3.36. The van der Waals surface area contributed by atoms with Crippen molar-refractivity contribution < 1.29 is 9.21 Å². The number of furan rings is 1. The number of Topliss-reactive ketones (excluding diaryl/α,β-unsaturated/α-hetero) is 1. The molecule has 0 amide bonds. The maximum absolute atomic E-state index is 12.9. The van der Waals surface area contributed by atoms with Crippen LogP contribution in [0.3, 0.4) is 0 Å². The second-order valence-electron chi connectivity index (χ2n) is 6.32. The number of ketones is 1. The second-order valence-corrected chi connectivity index (χ2v) is 6.32. The molecule has 4 rings (SSSR count). The second kappa shape index (κ2) is 5.58. The Kier molecular flexibility index (Phi) is 3.46. The predicted molar refractivity (Wildman–Crippen MR) is 93.4 cm³/mol. The molecule has 0 saturated heterocycles. The zero-order valence-corrected chi connectivity index (χ0v) is 14.6. The van der Waals surface area contributed by atoms with Crippen molar-refractivity contribution in [2.24, 2.45) is 7.05 Å². The lowest BCUT2D eigenvalue weighted by Gasteiger charge is -2.06. The molecule has 0 unspecified atom stereocenters. The maximum atomic E-state index is 12.9. The van der Waals surface area contributed by atoms with E-state index in [9.17, 15) is 14.4 Å². The molecule has 9 nitrogen and oxygen atoms in total. The summed E-state index contributed by atoms with van der Waals surface area (Å²) < 4.78 is 11.2. The minimum atomic E-state index is -0.562. The lowest BCUT2D eigenvalue weighted by molar-refractivity contribution is -0.117. The number of aromatic nitrogens is 5. The van der Waals surface area contributed by atoms with Crippen molar-refractivity contribution in [3.8, 4) is 0 Å². The lowest BCUT2D eigenvalue weighted by Crippen LogP contribution is -2.40. The standard InChI is InChI=1S/C17H17N5O4/c1-10-7-21-13-14(18-16(21)20(10)9-12-5-4-6-26-12)19(3)17(25)22(15(13)24)8-11(2)23/h4-7H,8-9H2,1-3H3. The minimum Gasteiger partial charge on any atom is -0.467 e. The van der Waals surface area contributed by atoms with Crippen LogP contribution in [0.25, 0.3) is 16.9 Å². The SMILES string of the molecule is CC(=O)Cn1c(=O)c2c(nc3n(Cc4ccco4)c(C)cn23)n(C)c1=O. The van der Waals surface area contributed by atoms with Crippen LogP contribution in [-0.2, 0) is 24.9 Å². The molecule has 4 aromatic rings. The predicted octanol–water partition coefficient (Wildman–Crippen LogP) is 0.688. The van der Waals surface area contributed by atoms with Gasteiger partial charge in [-0.2, -0.15) is 4.98 Å². The van der Waals surface area contributed by atoms with E-state index in [1.807, 2.05) is 17.6 Å². The first-order valence-corrected chi connectivity index (χ1v) is 8.08. The van der Waals surface area contributed by atoms with Gasteiger partial charge in [0.15, 0.2) is 11.2 Å². The summed E-state index contributed by atoms with van der Waals surface area (Å²) in [5, 5.41) is 0. The first-order valence-electron chi connectivity index (χ1n) is 8.08. The van der Waals surface area contributed by atoms with Crippen molar-refractivity contribution in [3.05, 3.63) is 56.9 Å². The van der Waals surface area contributed by atoms with Crippen LogP contribution in [-0.4, -0.2) is 28.9 Å². The molecular formula is C17H17N5O4. The van der Waals surface area contributed by atoms with Crippen molar-refractivity contribution in [1.29, 1.82) is 0 Å². The molecule has 0 aliphatic rings. The van der Waals surface area contributed by atoms with E-state index in [-0.39, 0.29) is 23.5 Å². The first-order chi connectivity index (χ1) is 12.4. The monoisotopic (exact) mass is 355 g/mol. The number of rotatable bonds is 4. The molecule has 0 aromatic carbocycles. The zero-order valence-electron chi connectivity index (χ0n) is 14.6. The summed E-state index contributed by atoms with van der Waals surface area (Å²) in [6.07, 6.45) is 3.38. The number of hydrogen-bond donors (Lipinski definition) is 0. The largest absolute Gasteiger partial charge is 0.467 e. The summed E-state index contributed by atoms with van der Waals surface area (Å²) in [5.41, 5.74) is 0.346. The summed E-state index contributed by atoms with van der Waals surface area (Å²) >= 11 is 0. The van der Waals surface area contributed by atoms with E-state index in [0.29, 0.717) is 12.3 Å². The molecule has 26 heavy (non-hydrogen) atoms. The number of imidazole rings is 2. The van der Waals surface area contributed by atoms with Crippen LogP contribution in [0.5, 0.6) is 0 Å². The summed E-state index contributed by atoms with van der Waals surface area (Å²) in [5.74, 6) is 1.01. The quantitative estimate of drug-likeness (QED) is 0.536. The molecule has 0 radical (unpaired) electrons. The Morgan fingerprint density at radius 3 is 2.69 bits per heavy atom. The van der Waals surface area contributed by atoms with Gasteiger partial charge >= 0.3 is 5.69 Å². The van der Waals surface area contributed by atoms with E-state index in [2.05, 4.69) is 4.98 Å². The number of fused-ring (bicyclic) bond motifs is 3. The van der Waals surface area contributed by atoms with E-state index in [1.165, 1.54) is 18.5 Å². The number of carbonyl (C=O) groups excluding carboxylic acids is 1. The summed E-state index contributed by atoms with van der Waals surface area (Å²) in [6, 6.07) is 3.66. The van der Waals surface area contributed by atoms with E-state index < -0.39 is 11.2 Å². The van der Waals surface area contributed by atoms with Crippen molar-refractivity contribution in [3.63, 3.8) is 0 Å². The zero-order chi connectivity index (χ0) is 18.6. The van der Waals surface area contributed by atoms with Gasteiger partial charge in [-0.05, 0) is 26.0 Å². The van der Waals surface area contributed by atoms with E-state index in [0.717, 1.165) is 16.0 Å². The van der Waals surface area contributed by atoms with Crippen LogP contribution >= 0.6 is 0 Å². The molecule has 0 bridgehead atoms. The lowest BCUT2D eigenvalue weighted by atomic mass is 10.4. The molecule has 0 atom stereocenters. The molecule has 9 heteroatoms. The fourth-order valence-electron chi connectivity index (χ4n) is 3.17. The normalized spacial score (nSPS) is 11.7. The molecule has 0 saturated carbocycles. The highest BCUT2D eigenvalue weighted by molar-refractivity contribution is 5.78. The molecule has 0 aliphatic carbocycles. The molecule has 0 fully saturated rings. The third-order valence-electron chi connectivity index (χ3n) is 4.42. The Labute approximate surface area is 146 Å². The fraction of sp³-hybridized carbons (Fsp3) is 0.294. The van der Waals surface area contributed by atoms with Crippen molar-refractivity contribution in [1.82, 2.24) is 23.1 Å². The third-order valence-corrected chi connectivity index (χ3v) is 4.42. The summed E-state index contributed by atoms with van der Waals surface area (Å²) in [6.45, 7) is 3.43. The third kappa shape index (κ3) is 2.24. The average Bonchev–Trinajstić information content (AvgIpc) is 3.28. The Balaban J connectivity index is 2.04. The highest BCUT2D eigenvalue weighted by Gasteiger charge is 2.20. The Morgan fingerprint density at radius 1 is 1.27 bits per heavy atom. The van der Waals surface area contributed by atoms with Gasteiger partial charge in [-0.1, -0.05) is 0 Å². The van der Waals surface area contributed by atoms with Gasteiger partial charge in [0.1, 0.15) is 11.5 Å². The molecule has 134 valence electrons. The molecule has 0 spiro atoms. The van der Waals surface area contributed by atoms with Gasteiger partial charge in [-0.15, -0.1) is 0 Å². The van der Waals surface area contributed by atoms with Crippen LogP contribution in [0.2, 0.25) is 0 Å². The highest BCUT2D eigenvalue weighted by atomic mass is 16.3. The van der Waals surface area contributed by atoms with Gasteiger partial charge in [0.05, 0.1) is 19.4 Å². The van der Waals surface area contributed by atoms with Crippen molar-refractivity contribution in [2.45, 2.75) is 26.9 Å². The van der Waals surface area contributed by atoms with E-state index in [4.69, 9.17) is 4.42 Å². The number of aryl methyl sites for hydroxylation is 2. The van der Waals surface area contributed by atoms with Crippen molar-refractivity contribution in [2.75, 3.05) is 0 Å². The van der Waals surface area contributed by atoms with Crippen molar-refractivity contribution >= 4 is 22.7 Å². The van der Waals surface area contributed by atoms with Gasteiger partial charge in [0.2, 0.25) is 5.78 Å². The molecule has 4 heterocycles. The van der Waals surface area contributed by atoms with E-state index in [1.54, 1.807) is 22.9 Å². The van der Waals surface area contributed by atoms with Gasteiger partial charge in [0, 0.05) is 18.9 Å². The average molecular weight is 355 g/mol. The first kappa shape index (κ1) is 16.1. The number of carbonyl (C=O) groups is 1. The number of nitrogens with zero attached hydrogens (tertiary/aromatic N) is 5.